The number of halogens is 1. The second-order valence-electron chi connectivity index (χ2n) is 7.13. The standard InChI is InChI=1S/C22H28ClNO/c1-17(13-19-9-6-5-7-10-19)22(25,18(2)16-24(3)4)15-20-11-8-12-21(23)14-20/h5-14,18,25H,15-16H2,1-4H3. The lowest BCUT2D eigenvalue weighted by atomic mass is 9.77. The van der Waals surface area contributed by atoms with Crippen molar-refractivity contribution in [3.63, 3.8) is 0 Å². The van der Waals surface area contributed by atoms with Crippen LogP contribution < -0.4 is 0 Å². The Kier molecular flexibility index (Phi) is 6.83. The number of nitrogens with zero attached hydrogens (tertiary/aromatic N) is 1. The second-order valence-corrected chi connectivity index (χ2v) is 7.57. The van der Waals surface area contributed by atoms with Crippen LogP contribution in [0.3, 0.4) is 0 Å². The van der Waals surface area contributed by atoms with Gasteiger partial charge in [0.2, 0.25) is 0 Å². The van der Waals surface area contributed by atoms with Gasteiger partial charge in [0.05, 0.1) is 5.60 Å². The average molecular weight is 358 g/mol. The summed E-state index contributed by atoms with van der Waals surface area (Å²) in [5, 5.41) is 12.4. The lowest BCUT2D eigenvalue weighted by Crippen LogP contribution is -2.44. The summed E-state index contributed by atoms with van der Waals surface area (Å²) in [5.41, 5.74) is 2.17. The highest BCUT2D eigenvalue weighted by atomic mass is 35.5. The van der Waals surface area contributed by atoms with E-state index in [-0.39, 0.29) is 5.92 Å². The fourth-order valence-corrected chi connectivity index (χ4v) is 3.50. The topological polar surface area (TPSA) is 23.5 Å². The van der Waals surface area contributed by atoms with Gasteiger partial charge < -0.3 is 10.0 Å². The highest BCUT2D eigenvalue weighted by Gasteiger charge is 2.36. The van der Waals surface area contributed by atoms with Gasteiger partial charge in [0.25, 0.3) is 0 Å². The Bertz CT molecular complexity index is 711. The van der Waals surface area contributed by atoms with Crippen LogP contribution in [0.5, 0.6) is 0 Å². The molecule has 0 aliphatic carbocycles. The average Bonchev–Trinajstić information content (AvgIpc) is 2.55. The van der Waals surface area contributed by atoms with E-state index >= 15 is 0 Å². The van der Waals surface area contributed by atoms with E-state index in [1.165, 1.54) is 0 Å². The molecule has 0 saturated carbocycles. The first-order valence-corrected chi connectivity index (χ1v) is 9.04. The van der Waals surface area contributed by atoms with Gasteiger partial charge in [-0.05, 0) is 49.9 Å². The smallest absolute Gasteiger partial charge is 0.0935 e. The van der Waals surface area contributed by atoms with E-state index in [2.05, 4.69) is 30.0 Å². The fraction of sp³-hybridized carbons (Fsp3) is 0.364. The van der Waals surface area contributed by atoms with Gasteiger partial charge in [0.1, 0.15) is 0 Å². The van der Waals surface area contributed by atoms with Crippen molar-refractivity contribution in [2.75, 3.05) is 20.6 Å². The molecule has 0 amide bonds. The monoisotopic (exact) mass is 357 g/mol. The van der Waals surface area contributed by atoms with Crippen LogP contribution in [0.1, 0.15) is 25.0 Å². The first-order valence-electron chi connectivity index (χ1n) is 8.66. The fourth-order valence-electron chi connectivity index (χ4n) is 3.28. The molecule has 134 valence electrons. The van der Waals surface area contributed by atoms with Crippen LogP contribution in [-0.4, -0.2) is 36.2 Å². The first-order chi connectivity index (χ1) is 11.8. The Morgan fingerprint density at radius 3 is 2.44 bits per heavy atom. The quantitative estimate of drug-likeness (QED) is 0.760. The Hall–Kier alpha value is -1.61. The van der Waals surface area contributed by atoms with Crippen LogP contribution in [0, 0.1) is 5.92 Å². The zero-order chi connectivity index (χ0) is 18.4. The number of hydrogen-bond acceptors (Lipinski definition) is 2. The van der Waals surface area contributed by atoms with E-state index in [0.717, 1.165) is 23.2 Å². The third-order valence-electron chi connectivity index (χ3n) is 4.68. The zero-order valence-electron chi connectivity index (χ0n) is 15.5. The van der Waals surface area contributed by atoms with E-state index in [1.807, 2.05) is 63.5 Å². The van der Waals surface area contributed by atoms with Gasteiger partial charge in [-0.15, -0.1) is 0 Å². The highest BCUT2D eigenvalue weighted by molar-refractivity contribution is 6.30. The summed E-state index contributed by atoms with van der Waals surface area (Å²) in [5.74, 6) is 0.0708. The van der Waals surface area contributed by atoms with Gasteiger partial charge in [0.15, 0.2) is 0 Å². The molecule has 0 aromatic heterocycles. The van der Waals surface area contributed by atoms with Gasteiger partial charge in [-0.2, -0.15) is 0 Å². The Balaban J connectivity index is 2.38. The zero-order valence-corrected chi connectivity index (χ0v) is 16.3. The molecule has 2 unspecified atom stereocenters. The molecule has 1 N–H and O–H groups in total. The van der Waals surface area contributed by atoms with Crippen molar-refractivity contribution in [3.05, 3.63) is 76.3 Å². The van der Waals surface area contributed by atoms with E-state index in [4.69, 9.17) is 11.6 Å². The van der Waals surface area contributed by atoms with Crippen LogP contribution >= 0.6 is 11.6 Å². The van der Waals surface area contributed by atoms with Crippen LogP contribution in [0.25, 0.3) is 6.08 Å². The molecule has 0 radical (unpaired) electrons. The molecular formula is C22H28ClNO. The maximum atomic E-state index is 11.7. The molecule has 2 aromatic carbocycles. The molecule has 0 fully saturated rings. The minimum Gasteiger partial charge on any atom is -0.385 e. The SMILES string of the molecule is CC(=Cc1ccccc1)C(O)(Cc1cccc(Cl)c1)C(C)CN(C)C. The molecular weight excluding hydrogens is 330 g/mol. The maximum absolute atomic E-state index is 11.7. The van der Waals surface area contributed by atoms with Crippen molar-refractivity contribution in [1.29, 1.82) is 0 Å². The first kappa shape index (κ1) is 19.7. The minimum absolute atomic E-state index is 0.0708. The molecule has 2 rings (SSSR count). The lowest BCUT2D eigenvalue weighted by molar-refractivity contribution is 0.0150. The van der Waals surface area contributed by atoms with Crippen LogP contribution in [0.2, 0.25) is 5.02 Å². The summed E-state index contributed by atoms with van der Waals surface area (Å²) in [4.78, 5) is 2.11. The summed E-state index contributed by atoms with van der Waals surface area (Å²) < 4.78 is 0. The molecule has 0 saturated heterocycles. The van der Waals surface area contributed by atoms with Crippen LogP contribution in [0.4, 0.5) is 0 Å². The molecule has 0 aliphatic heterocycles. The van der Waals surface area contributed by atoms with Crippen molar-refractivity contribution >= 4 is 17.7 Å². The molecule has 2 nitrogen and oxygen atoms in total. The second kappa shape index (κ2) is 8.66. The Morgan fingerprint density at radius 1 is 1.16 bits per heavy atom. The molecule has 2 atom stereocenters. The van der Waals surface area contributed by atoms with Crippen LogP contribution in [-0.2, 0) is 6.42 Å². The van der Waals surface area contributed by atoms with E-state index < -0.39 is 5.60 Å². The van der Waals surface area contributed by atoms with Crippen molar-refractivity contribution in [1.82, 2.24) is 4.90 Å². The van der Waals surface area contributed by atoms with Gasteiger partial charge in [-0.1, -0.05) is 67.1 Å². The van der Waals surface area contributed by atoms with Crippen molar-refractivity contribution in [2.24, 2.45) is 5.92 Å². The van der Waals surface area contributed by atoms with E-state index in [9.17, 15) is 5.11 Å². The van der Waals surface area contributed by atoms with Gasteiger partial charge >= 0.3 is 0 Å². The Morgan fingerprint density at radius 2 is 1.84 bits per heavy atom. The van der Waals surface area contributed by atoms with Gasteiger partial charge in [0, 0.05) is 23.9 Å². The predicted octanol–water partition coefficient (Wildman–Crippen LogP) is 4.91. The molecule has 2 aromatic rings. The minimum atomic E-state index is -0.940. The van der Waals surface area contributed by atoms with E-state index in [1.54, 1.807) is 0 Å². The number of aliphatic hydroxyl groups is 1. The molecule has 0 bridgehead atoms. The van der Waals surface area contributed by atoms with E-state index in [0.29, 0.717) is 11.4 Å². The van der Waals surface area contributed by atoms with Crippen LogP contribution in [0.15, 0.2) is 60.2 Å². The lowest BCUT2D eigenvalue weighted by Gasteiger charge is -2.37. The third kappa shape index (κ3) is 5.43. The van der Waals surface area contributed by atoms with Gasteiger partial charge in [-0.25, -0.2) is 0 Å². The predicted molar refractivity (Wildman–Crippen MR) is 108 cm³/mol. The molecule has 0 spiro atoms. The Labute approximate surface area is 156 Å². The number of rotatable bonds is 7. The van der Waals surface area contributed by atoms with Crippen molar-refractivity contribution < 1.29 is 5.11 Å². The summed E-state index contributed by atoms with van der Waals surface area (Å²) in [6, 6.07) is 17.9. The summed E-state index contributed by atoms with van der Waals surface area (Å²) in [7, 11) is 4.07. The summed E-state index contributed by atoms with van der Waals surface area (Å²) in [6.45, 7) is 4.92. The molecule has 0 aliphatic rings. The summed E-state index contributed by atoms with van der Waals surface area (Å²) in [6.07, 6.45) is 2.62. The van der Waals surface area contributed by atoms with Gasteiger partial charge in [-0.3, -0.25) is 0 Å². The third-order valence-corrected chi connectivity index (χ3v) is 4.92. The number of hydrogen-bond donors (Lipinski definition) is 1. The highest BCUT2D eigenvalue weighted by Crippen LogP contribution is 2.32. The molecule has 0 heterocycles. The van der Waals surface area contributed by atoms with Crippen molar-refractivity contribution in [2.45, 2.75) is 25.9 Å². The molecule has 25 heavy (non-hydrogen) atoms. The van der Waals surface area contributed by atoms with Crippen molar-refractivity contribution in [3.8, 4) is 0 Å². The number of benzene rings is 2. The molecule has 3 heteroatoms. The summed E-state index contributed by atoms with van der Waals surface area (Å²) >= 11 is 6.14. The maximum Gasteiger partial charge on any atom is 0.0935 e. The largest absolute Gasteiger partial charge is 0.385 e. The normalized spacial score (nSPS) is 15.9.